The van der Waals surface area contributed by atoms with Crippen molar-refractivity contribution in [2.75, 3.05) is 6.61 Å². The standard InChI is InChI=1S/C19H20O/c1-15(16-8-4-2-5-9-16)19-14-18(12-13-20-19)17-10-6-3-7-11-17/h2-11,14-15,19H,12-13H2,1H3. The monoisotopic (exact) mass is 264 g/mol. The molecule has 0 radical (unpaired) electrons. The second-order valence-corrected chi connectivity index (χ2v) is 5.34. The number of hydrogen-bond donors (Lipinski definition) is 0. The number of rotatable bonds is 3. The molecule has 20 heavy (non-hydrogen) atoms. The molecular formula is C19H20O. The number of benzene rings is 2. The zero-order chi connectivity index (χ0) is 13.8. The van der Waals surface area contributed by atoms with Gasteiger partial charge in [0.05, 0.1) is 12.7 Å². The van der Waals surface area contributed by atoms with Crippen LogP contribution in [0.1, 0.15) is 30.4 Å². The predicted octanol–water partition coefficient (Wildman–Crippen LogP) is 4.66. The van der Waals surface area contributed by atoms with E-state index in [2.05, 4.69) is 73.7 Å². The predicted molar refractivity (Wildman–Crippen MR) is 83.6 cm³/mol. The summed E-state index contributed by atoms with van der Waals surface area (Å²) in [5.74, 6) is 0.384. The highest BCUT2D eigenvalue weighted by molar-refractivity contribution is 5.66. The van der Waals surface area contributed by atoms with Gasteiger partial charge in [-0.05, 0) is 23.1 Å². The fraction of sp³-hybridized carbons (Fsp3) is 0.263. The van der Waals surface area contributed by atoms with Crippen LogP contribution in [-0.4, -0.2) is 12.7 Å². The van der Waals surface area contributed by atoms with Crippen LogP contribution in [0.2, 0.25) is 0 Å². The molecule has 1 heteroatoms. The number of ether oxygens (including phenoxy) is 1. The lowest BCUT2D eigenvalue weighted by Gasteiger charge is -2.27. The Hall–Kier alpha value is -1.86. The van der Waals surface area contributed by atoms with E-state index in [0.29, 0.717) is 5.92 Å². The van der Waals surface area contributed by atoms with E-state index in [4.69, 9.17) is 4.74 Å². The Morgan fingerprint density at radius 2 is 1.60 bits per heavy atom. The largest absolute Gasteiger partial charge is 0.373 e. The van der Waals surface area contributed by atoms with Gasteiger partial charge < -0.3 is 4.74 Å². The molecule has 2 atom stereocenters. The van der Waals surface area contributed by atoms with E-state index in [1.54, 1.807) is 0 Å². The Balaban J connectivity index is 1.84. The molecule has 0 aromatic heterocycles. The molecule has 3 rings (SSSR count). The lowest BCUT2D eigenvalue weighted by molar-refractivity contribution is 0.0675. The molecule has 2 aromatic carbocycles. The second kappa shape index (κ2) is 6.06. The van der Waals surface area contributed by atoms with Crippen LogP contribution in [0.4, 0.5) is 0 Å². The summed E-state index contributed by atoms with van der Waals surface area (Å²) in [5.41, 5.74) is 4.06. The first kappa shape index (κ1) is 13.1. The van der Waals surface area contributed by atoms with E-state index < -0.39 is 0 Å². The van der Waals surface area contributed by atoms with Crippen molar-refractivity contribution in [3.05, 3.63) is 77.9 Å². The smallest absolute Gasteiger partial charge is 0.0827 e. The topological polar surface area (TPSA) is 9.23 Å². The lowest BCUT2D eigenvalue weighted by atomic mass is 9.90. The van der Waals surface area contributed by atoms with Crippen LogP contribution in [0.25, 0.3) is 5.57 Å². The molecule has 1 aliphatic rings. The molecule has 0 N–H and O–H groups in total. The maximum absolute atomic E-state index is 5.97. The molecule has 1 heterocycles. The first-order valence-corrected chi connectivity index (χ1v) is 7.27. The average molecular weight is 264 g/mol. The zero-order valence-corrected chi connectivity index (χ0v) is 11.8. The highest BCUT2D eigenvalue weighted by Crippen LogP contribution is 2.30. The Kier molecular flexibility index (Phi) is 3.98. The van der Waals surface area contributed by atoms with Crippen LogP contribution in [0, 0.1) is 0 Å². The summed E-state index contributed by atoms with van der Waals surface area (Å²) in [6.07, 6.45) is 3.47. The summed E-state index contributed by atoms with van der Waals surface area (Å²) in [6.45, 7) is 3.05. The fourth-order valence-electron chi connectivity index (χ4n) is 2.76. The molecule has 0 saturated carbocycles. The molecule has 1 nitrogen and oxygen atoms in total. The third-order valence-electron chi connectivity index (χ3n) is 4.01. The van der Waals surface area contributed by atoms with Crippen LogP contribution in [0.3, 0.4) is 0 Å². The summed E-state index contributed by atoms with van der Waals surface area (Å²) in [6, 6.07) is 21.2. The van der Waals surface area contributed by atoms with Crippen molar-refractivity contribution in [1.82, 2.24) is 0 Å². The van der Waals surface area contributed by atoms with Gasteiger partial charge in [-0.15, -0.1) is 0 Å². The van der Waals surface area contributed by atoms with E-state index in [1.807, 2.05) is 0 Å². The SMILES string of the molecule is CC(c1ccccc1)C1C=C(c2ccccc2)CCO1. The molecule has 0 spiro atoms. The Morgan fingerprint density at radius 1 is 0.950 bits per heavy atom. The fourth-order valence-corrected chi connectivity index (χ4v) is 2.76. The Morgan fingerprint density at radius 3 is 2.30 bits per heavy atom. The van der Waals surface area contributed by atoms with E-state index in [0.717, 1.165) is 13.0 Å². The van der Waals surface area contributed by atoms with E-state index in [1.165, 1.54) is 16.7 Å². The minimum Gasteiger partial charge on any atom is -0.373 e. The van der Waals surface area contributed by atoms with Crippen LogP contribution in [-0.2, 0) is 4.74 Å². The van der Waals surface area contributed by atoms with Gasteiger partial charge in [0.15, 0.2) is 0 Å². The third-order valence-corrected chi connectivity index (χ3v) is 4.01. The maximum atomic E-state index is 5.97. The van der Waals surface area contributed by atoms with Crippen LogP contribution in [0.5, 0.6) is 0 Å². The molecule has 1 aliphatic heterocycles. The summed E-state index contributed by atoms with van der Waals surface area (Å²) in [7, 11) is 0. The molecule has 0 aliphatic carbocycles. The van der Waals surface area contributed by atoms with Crippen molar-refractivity contribution in [2.45, 2.75) is 25.4 Å². The van der Waals surface area contributed by atoms with Crippen molar-refractivity contribution >= 4 is 5.57 Å². The van der Waals surface area contributed by atoms with Crippen molar-refractivity contribution in [3.8, 4) is 0 Å². The summed E-state index contributed by atoms with van der Waals surface area (Å²) in [4.78, 5) is 0. The third kappa shape index (κ3) is 2.83. The van der Waals surface area contributed by atoms with Gasteiger partial charge in [0.25, 0.3) is 0 Å². The molecule has 0 amide bonds. The summed E-state index contributed by atoms with van der Waals surface area (Å²) < 4.78 is 5.97. The normalized spacial score (nSPS) is 20.2. The van der Waals surface area contributed by atoms with Crippen molar-refractivity contribution < 1.29 is 4.74 Å². The van der Waals surface area contributed by atoms with Gasteiger partial charge >= 0.3 is 0 Å². The van der Waals surface area contributed by atoms with Gasteiger partial charge in [-0.25, -0.2) is 0 Å². The minimum absolute atomic E-state index is 0.168. The number of hydrogen-bond acceptors (Lipinski definition) is 1. The van der Waals surface area contributed by atoms with Gasteiger partial charge in [0.1, 0.15) is 0 Å². The molecule has 0 bridgehead atoms. The minimum atomic E-state index is 0.168. The molecule has 2 aromatic rings. The first-order valence-electron chi connectivity index (χ1n) is 7.27. The van der Waals surface area contributed by atoms with Gasteiger partial charge in [-0.1, -0.05) is 73.7 Å². The quantitative estimate of drug-likeness (QED) is 0.783. The van der Waals surface area contributed by atoms with Gasteiger partial charge in [0, 0.05) is 5.92 Å². The summed E-state index contributed by atoms with van der Waals surface area (Å²) >= 11 is 0. The lowest BCUT2D eigenvalue weighted by Crippen LogP contribution is -2.22. The van der Waals surface area contributed by atoms with Crippen LogP contribution >= 0.6 is 0 Å². The molecule has 0 saturated heterocycles. The van der Waals surface area contributed by atoms with Crippen molar-refractivity contribution in [3.63, 3.8) is 0 Å². The van der Waals surface area contributed by atoms with Crippen molar-refractivity contribution in [1.29, 1.82) is 0 Å². The van der Waals surface area contributed by atoms with Crippen molar-refractivity contribution in [2.24, 2.45) is 0 Å². The molecule has 0 fully saturated rings. The summed E-state index contributed by atoms with van der Waals surface area (Å²) in [5, 5.41) is 0. The zero-order valence-electron chi connectivity index (χ0n) is 11.8. The molecular weight excluding hydrogens is 244 g/mol. The van der Waals surface area contributed by atoms with Crippen LogP contribution in [0.15, 0.2) is 66.7 Å². The second-order valence-electron chi connectivity index (χ2n) is 5.34. The van der Waals surface area contributed by atoms with Gasteiger partial charge in [0.2, 0.25) is 0 Å². The highest BCUT2D eigenvalue weighted by Gasteiger charge is 2.21. The van der Waals surface area contributed by atoms with Gasteiger partial charge in [-0.3, -0.25) is 0 Å². The van der Waals surface area contributed by atoms with E-state index in [-0.39, 0.29) is 6.10 Å². The molecule has 2 unspecified atom stereocenters. The van der Waals surface area contributed by atoms with E-state index in [9.17, 15) is 0 Å². The average Bonchev–Trinajstić information content (AvgIpc) is 2.56. The van der Waals surface area contributed by atoms with Gasteiger partial charge in [-0.2, -0.15) is 0 Å². The molecule has 102 valence electrons. The first-order chi connectivity index (χ1) is 9.84. The maximum Gasteiger partial charge on any atom is 0.0827 e. The Labute approximate surface area is 120 Å². The van der Waals surface area contributed by atoms with E-state index >= 15 is 0 Å². The highest BCUT2D eigenvalue weighted by atomic mass is 16.5. The Bertz CT molecular complexity index is 571. The van der Waals surface area contributed by atoms with Crippen LogP contribution < -0.4 is 0 Å².